The Morgan fingerprint density at radius 2 is 2.04 bits per heavy atom. The van der Waals surface area contributed by atoms with Gasteiger partial charge in [0.05, 0.1) is 11.8 Å². The van der Waals surface area contributed by atoms with E-state index >= 15 is 0 Å². The van der Waals surface area contributed by atoms with Crippen molar-refractivity contribution in [2.24, 2.45) is 0 Å². The third kappa shape index (κ3) is 3.07. The number of hydrogen-bond donors (Lipinski definition) is 1. The van der Waals surface area contributed by atoms with E-state index in [4.69, 9.17) is 9.40 Å². The van der Waals surface area contributed by atoms with Crippen molar-refractivity contribution in [1.82, 2.24) is 9.88 Å². The number of benzene rings is 2. The molecule has 1 aliphatic heterocycles. The van der Waals surface area contributed by atoms with Gasteiger partial charge >= 0.3 is 0 Å². The Morgan fingerprint density at radius 1 is 1.21 bits per heavy atom. The topological polar surface area (TPSA) is 49.5 Å². The Balaban J connectivity index is 1.59. The molecule has 0 bridgehead atoms. The highest BCUT2D eigenvalue weighted by Gasteiger charge is 2.20. The number of aliphatic hydroxyl groups is 1. The summed E-state index contributed by atoms with van der Waals surface area (Å²) in [7, 11) is 0. The van der Waals surface area contributed by atoms with Crippen molar-refractivity contribution in [3.63, 3.8) is 0 Å². The van der Waals surface area contributed by atoms with Gasteiger partial charge in [0.2, 0.25) is 5.89 Å². The minimum absolute atomic E-state index is 0.217. The standard InChI is InChI=1S/C20H22N2O2/c1-14-19(13-22-10-4-7-18(23)12-22)21-20(24-14)17-9-8-15-5-2-3-6-16(15)11-17/h2-3,5-6,8-9,11,18,23H,4,7,10,12-13H2,1H3. The molecule has 1 aliphatic rings. The number of oxazole rings is 1. The lowest BCUT2D eigenvalue weighted by Crippen LogP contribution is -2.37. The second kappa shape index (κ2) is 6.38. The van der Waals surface area contributed by atoms with E-state index in [-0.39, 0.29) is 6.10 Å². The van der Waals surface area contributed by atoms with Gasteiger partial charge in [0, 0.05) is 18.7 Å². The van der Waals surface area contributed by atoms with E-state index in [1.54, 1.807) is 0 Å². The van der Waals surface area contributed by atoms with E-state index < -0.39 is 0 Å². The Morgan fingerprint density at radius 3 is 2.88 bits per heavy atom. The molecule has 1 unspecified atom stereocenters. The Hall–Kier alpha value is -2.17. The summed E-state index contributed by atoms with van der Waals surface area (Å²) in [5.74, 6) is 1.53. The van der Waals surface area contributed by atoms with Crippen molar-refractivity contribution in [1.29, 1.82) is 0 Å². The van der Waals surface area contributed by atoms with Crippen LogP contribution in [-0.4, -0.2) is 34.2 Å². The summed E-state index contributed by atoms with van der Waals surface area (Å²) in [6.45, 7) is 4.43. The summed E-state index contributed by atoms with van der Waals surface area (Å²) >= 11 is 0. The van der Waals surface area contributed by atoms with Gasteiger partial charge in [-0.25, -0.2) is 4.98 Å². The monoisotopic (exact) mass is 322 g/mol. The van der Waals surface area contributed by atoms with Crippen LogP contribution in [0.1, 0.15) is 24.3 Å². The van der Waals surface area contributed by atoms with E-state index in [1.807, 2.05) is 19.1 Å². The molecule has 24 heavy (non-hydrogen) atoms. The van der Waals surface area contributed by atoms with Gasteiger partial charge in [-0.2, -0.15) is 0 Å². The maximum absolute atomic E-state index is 9.83. The number of nitrogens with zero attached hydrogens (tertiary/aromatic N) is 2. The largest absolute Gasteiger partial charge is 0.441 e. The second-order valence-electron chi connectivity index (χ2n) is 6.61. The van der Waals surface area contributed by atoms with Crippen LogP contribution in [0.2, 0.25) is 0 Å². The molecule has 0 radical (unpaired) electrons. The lowest BCUT2D eigenvalue weighted by molar-refractivity contribution is 0.0660. The zero-order valence-electron chi connectivity index (χ0n) is 13.9. The molecular formula is C20H22N2O2. The fourth-order valence-corrected chi connectivity index (χ4v) is 3.41. The lowest BCUT2D eigenvalue weighted by atomic mass is 10.1. The first-order valence-electron chi connectivity index (χ1n) is 8.55. The van der Waals surface area contributed by atoms with Crippen molar-refractivity contribution in [2.45, 2.75) is 32.4 Å². The van der Waals surface area contributed by atoms with Gasteiger partial charge in [-0.3, -0.25) is 4.90 Å². The van der Waals surface area contributed by atoms with Crippen LogP contribution in [-0.2, 0) is 6.54 Å². The quantitative estimate of drug-likeness (QED) is 0.797. The van der Waals surface area contributed by atoms with Crippen LogP contribution < -0.4 is 0 Å². The number of fused-ring (bicyclic) bond motifs is 1. The predicted molar refractivity (Wildman–Crippen MR) is 94.7 cm³/mol. The van der Waals surface area contributed by atoms with Crippen molar-refractivity contribution < 1.29 is 9.52 Å². The third-order valence-electron chi connectivity index (χ3n) is 4.74. The van der Waals surface area contributed by atoms with Gasteiger partial charge < -0.3 is 9.52 Å². The minimum atomic E-state index is -0.217. The van der Waals surface area contributed by atoms with Gasteiger partial charge in [0.25, 0.3) is 0 Å². The molecule has 4 rings (SSSR count). The maximum atomic E-state index is 9.83. The molecule has 4 heteroatoms. The normalized spacial score (nSPS) is 19.0. The second-order valence-corrected chi connectivity index (χ2v) is 6.61. The zero-order valence-corrected chi connectivity index (χ0v) is 13.9. The summed E-state index contributed by atoms with van der Waals surface area (Å²) in [5.41, 5.74) is 1.97. The van der Waals surface area contributed by atoms with Crippen LogP contribution in [0.5, 0.6) is 0 Å². The van der Waals surface area contributed by atoms with E-state index in [0.29, 0.717) is 5.89 Å². The zero-order chi connectivity index (χ0) is 16.5. The maximum Gasteiger partial charge on any atom is 0.226 e. The number of hydrogen-bond acceptors (Lipinski definition) is 4. The number of rotatable bonds is 3. The molecule has 4 nitrogen and oxygen atoms in total. The molecule has 1 aromatic heterocycles. The summed E-state index contributed by atoms with van der Waals surface area (Å²) in [4.78, 5) is 6.97. The molecule has 2 aromatic carbocycles. The van der Waals surface area contributed by atoms with Crippen LogP contribution in [0.3, 0.4) is 0 Å². The molecule has 3 aromatic rings. The summed E-state index contributed by atoms with van der Waals surface area (Å²) in [5, 5.41) is 12.2. The number of aryl methyl sites for hydroxylation is 1. The SMILES string of the molecule is Cc1oc(-c2ccc3ccccc3c2)nc1CN1CCCC(O)C1. The summed E-state index contributed by atoms with van der Waals surface area (Å²) in [6.07, 6.45) is 1.72. The van der Waals surface area contributed by atoms with Gasteiger partial charge in [-0.15, -0.1) is 0 Å². The van der Waals surface area contributed by atoms with E-state index in [0.717, 1.165) is 49.5 Å². The number of likely N-dealkylation sites (tertiary alicyclic amines) is 1. The highest BCUT2D eigenvalue weighted by molar-refractivity contribution is 5.86. The van der Waals surface area contributed by atoms with Crippen LogP contribution in [0, 0.1) is 6.92 Å². The van der Waals surface area contributed by atoms with Gasteiger partial charge in [0.1, 0.15) is 5.76 Å². The summed E-state index contributed by atoms with van der Waals surface area (Å²) < 4.78 is 5.92. The third-order valence-corrected chi connectivity index (χ3v) is 4.74. The molecule has 0 spiro atoms. The molecule has 1 fully saturated rings. The first-order chi connectivity index (χ1) is 11.7. The van der Waals surface area contributed by atoms with Crippen LogP contribution in [0.4, 0.5) is 0 Å². The lowest BCUT2D eigenvalue weighted by Gasteiger charge is -2.29. The van der Waals surface area contributed by atoms with Crippen molar-refractivity contribution >= 4 is 10.8 Å². The smallest absolute Gasteiger partial charge is 0.226 e. The number of piperidine rings is 1. The Kier molecular flexibility index (Phi) is 4.08. The predicted octanol–water partition coefficient (Wildman–Crippen LogP) is 3.76. The first-order valence-corrected chi connectivity index (χ1v) is 8.55. The molecule has 124 valence electrons. The molecule has 1 N–H and O–H groups in total. The Bertz CT molecular complexity index is 856. The molecular weight excluding hydrogens is 300 g/mol. The van der Waals surface area contributed by atoms with E-state index in [1.165, 1.54) is 10.8 Å². The van der Waals surface area contributed by atoms with Crippen LogP contribution in [0.25, 0.3) is 22.2 Å². The van der Waals surface area contributed by atoms with Crippen molar-refractivity contribution in [3.8, 4) is 11.5 Å². The number of aliphatic hydroxyl groups excluding tert-OH is 1. The fraction of sp³-hybridized carbons (Fsp3) is 0.350. The fourth-order valence-electron chi connectivity index (χ4n) is 3.41. The summed E-state index contributed by atoms with van der Waals surface area (Å²) in [6, 6.07) is 14.6. The van der Waals surface area contributed by atoms with E-state index in [2.05, 4.69) is 35.2 Å². The number of β-amino-alcohol motifs (C(OH)–C–C–N with tert-alkyl or cyclic N) is 1. The molecule has 1 saturated heterocycles. The first kappa shape index (κ1) is 15.4. The average molecular weight is 322 g/mol. The molecule has 1 atom stereocenters. The minimum Gasteiger partial charge on any atom is -0.441 e. The Labute approximate surface area is 141 Å². The van der Waals surface area contributed by atoms with Gasteiger partial charge in [-0.1, -0.05) is 30.3 Å². The van der Waals surface area contributed by atoms with Crippen molar-refractivity contribution in [3.05, 3.63) is 53.9 Å². The highest BCUT2D eigenvalue weighted by atomic mass is 16.4. The molecule has 0 saturated carbocycles. The van der Waals surface area contributed by atoms with Crippen LogP contribution >= 0.6 is 0 Å². The molecule has 2 heterocycles. The van der Waals surface area contributed by atoms with Crippen LogP contribution in [0.15, 0.2) is 46.9 Å². The number of aromatic nitrogens is 1. The van der Waals surface area contributed by atoms with Gasteiger partial charge in [-0.05, 0) is 49.2 Å². The highest BCUT2D eigenvalue weighted by Crippen LogP contribution is 2.26. The molecule has 0 aliphatic carbocycles. The average Bonchev–Trinajstić information content (AvgIpc) is 2.95. The van der Waals surface area contributed by atoms with Gasteiger partial charge in [0.15, 0.2) is 0 Å². The van der Waals surface area contributed by atoms with Crippen molar-refractivity contribution in [2.75, 3.05) is 13.1 Å². The van der Waals surface area contributed by atoms with E-state index in [9.17, 15) is 5.11 Å². The molecule has 0 amide bonds.